The molecule has 0 spiro atoms. The number of rotatable bonds is 6. The number of hydrogen-bond acceptors (Lipinski definition) is 4. The van der Waals surface area contributed by atoms with Crippen molar-refractivity contribution in [2.75, 3.05) is 36.5 Å². The van der Waals surface area contributed by atoms with Gasteiger partial charge in [0.05, 0.1) is 5.69 Å². The fraction of sp³-hybridized carbons (Fsp3) is 0.318. The van der Waals surface area contributed by atoms with Crippen LogP contribution in [0.15, 0.2) is 36.4 Å². The third-order valence-electron chi connectivity index (χ3n) is 5.04. The first-order valence-electron chi connectivity index (χ1n) is 9.77. The van der Waals surface area contributed by atoms with Crippen molar-refractivity contribution < 1.29 is 19.1 Å². The minimum absolute atomic E-state index is 0.139. The molecule has 30 heavy (non-hydrogen) atoms. The third-order valence-corrected chi connectivity index (χ3v) is 5.45. The van der Waals surface area contributed by atoms with Gasteiger partial charge in [-0.1, -0.05) is 17.7 Å². The number of ether oxygens (including phenoxy) is 1. The molecule has 8 heteroatoms. The number of benzene rings is 2. The van der Waals surface area contributed by atoms with Gasteiger partial charge in [-0.05, 0) is 56.7 Å². The molecule has 2 aromatic carbocycles. The highest BCUT2D eigenvalue weighted by Crippen LogP contribution is 2.33. The Morgan fingerprint density at radius 3 is 2.63 bits per heavy atom. The summed E-state index contributed by atoms with van der Waals surface area (Å²) in [6.45, 7) is 6.39. The molecular formula is C22H24ClN3O4. The lowest BCUT2D eigenvalue weighted by molar-refractivity contribution is -0.123. The lowest BCUT2D eigenvalue weighted by Crippen LogP contribution is -2.43. The number of nitrogens with one attached hydrogen (secondary N) is 1. The lowest BCUT2D eigenvalue weighted by Gasteiger charge is -2.29. The van der Waals surface area contributed by atoms with Crippen LogP contribution in [0.25, 0.3) is 0 Å². The number of anilines is 2. The molecule has 1 heterocycles. The van der Waals surface area contributed by atoms with E-state index < -0.39 is 0 Å². The summed E-state index contributed by atoms with van der Waals surface area (Å²) in [5, 5.41) is 3.33. The van der Waals surface area contributed by atoms with E-state index in [0.29, 0.717) is 40.8 Å². The number of fused-ring (bicyclic) bond motifs is 1. The summed E-state index contributed by atoms with van der Waals surface area (Å²) in [5.74, 6) is -0.410. The first-order valence-corrected chi connectivity index (χ1v) is 10.1. The molecule has 7 nitrogen and oxygen atoms in total. The second-order valence-corrected chi connectivity index (χ2v) is 7.30. The molecule has 3 rings (SSSR count). The van der Waals surface area contributed by atoms with E-state index in [0.717, 1.165) is 5.56 Å². The molecule has 0 unspecified atom stereocenters. The van der Waals surface area contributed by atoms with Crippen LogP contribution in [0.4, 0.5) is 11.4 Å². The van der Waals surface area contributed by atoms with Gasteiger partial charge in [0.2, 0.25) is 5.91 Å². The molecule has 2 aromatic rings. The number of amides is 3. The molecule has 0 aliphatic carbocycles. The molecule has 1 aliphatic rings. The van der Waals surface area contributed by atoms with Crippen LogP contribution in [0.2, 0.25) is 5.02 Å². The zero-order chi connectivity index (χ0) is 21.8. The largest absolute Gasteiger partial charge is 0.482 e. The van der Waals surface area contributed by atoms with Crippen molar-refractivity contribution in [3.05, 3.63) is 52.5 Å². The maximum atomic E-state index is 12.7. The highest BCUT2D eigenvalue weighted by atomic mass is 35.5. The maximum absolute atomic E-state index is 12.7. The molecule has 0 saturated carbocycles. The van der Waals surface area contributed by atoms with Gasteiger partial charge in [-0.15, -0.1) is 0 Å². The van der Waals surface area contributed by atoms with Crippen LogP contribution in [0.5, 0.6) is 5.75 Å². The minimum Gasteiger partial charge on any atom is -0.482 e. The van der Waals surface area contributed by atoms with Gasteiger partial charge in [-0.3, -0.25) is 19.3 Å². The van der Waals surface area contributed by atoms with Gasteiger partial charge in [0.15, 0.2) is 6.61 Å². The summed E-state index contributed by atoms with van der Waals surface area (Å²) < 4.78 is 5.48. The number of carbonyl (C=O) groups is 3. The molecule has 0 atom stereocenters. The average molecular weight is 430 g/mol. The highest BCUT2D eigenvalue weighted by molar-refractivity contribution is 6.31. The van der Waals surface area contributed by atoms with Gasteiger partial charge >= 0.3 is 0 Å². The molecule has 158 valence electrons. The van der Waals surface area contributed by atoms with Crippen molar-refractivity contribution in [3.8, 4) is 5.75 Å². The fourth-order valence-electron chi connectivity index (χ4n) is 3.28. The average Bonchev–Trinajstić information content (AvgIpc) is 2.74. The van der Waals surface area contributed by atoms with Crippen molar-refractivity contribution >= 4 is 40.7 Å². The summed E-state index contributed by atoms with van der Waals surface area (Å²) >= 11 is 6.11. The Labute approximate surface area is 180 Å². The van der Waals surface area contributed by atoms with Crippen LogP contribution in [0.1, 0.15) is 29.8 Å². The highest BCUT2D eigenvalue weighted by Gasteiger charge is 2.29. The molecule has 1 aliphatic heterocycles. The van der Waals surface area contributed by atoms with Crippen molar-refractivity contribution in [2.24, 2.45) is 0 Å². The Bertz CT molecular complexity index is 988. The first-order chi connectivity index (χ1) is 14.3. The maximum Gasteiger partial charge on any atom is 0.265 e. The predicted octanol–water partition coefficient (Wildman–Crippen LogP) is 3.49. The number of hydrogen-bond donors (Lipinski definition) is 1. The first kappa shape index (κ1) is 21.6. The van der Waals surface area contributed by atoms with Crippen LogP contribution in [-0.2, 0) is 9.59 Å². The van der Waals surface area contributed by atoms with Crippen molar-refractivity contribution in [2.45, 2.75) is 20.8 Å². The Hall–Kier alpha value is -3.06. The predicted molar refractivity (Wildman–Crippen MR) is 116 cm³/mol. The monoisotopic (exact) mass is 429 g/mol. The van der Waals surface area contributed by atoms with Gasteiger partial charge in [0, 0.05) is 29.4 Å². The van der Waals surface area contributed by atoms with E-state index in [-0.39, 0.29) is 30.9 Å². The van der Waals surface area contributed by atoms with Crippen molar-refractivity contribution in [3.63, 3.8) is 0 Å². The summed E-state index contributed by atoms with van der Waals surface area (Å²) in [5.41, 5.74) is 2.17. The van der Waals surface area contributed by atoms with E-state index in [1.54, 1.807) is 48.2 Å². The van der Waals surface area contributed by atoms with E-state index in [9.17, 15) is 14.4 Å². The number of carbonyl (C=O) groups excluding carboxylic acids is 3. The summed E-state index contributed by atoms with van der Waals surface area (Å²) in [6, 6.07) is 10.2. The number of nitrogens with zero attached hydrogens (tertiary/aromatic N) is 2. The molecular weight excluding hydrogens is 406 g/mol. The Kier molecular flexibility index (Phi) is 6.62. The molecule has 0 saturated heterocycles. The normalized spacial score (nSPS) is 12.8. The lowest BCUT2D eigenvalue weighted by atomic mass is 10.1. The molecule has 0 bridgehead atoms. The third kappa shape index (κ3) is 4.41. The Morgan fingerprint density at radius 2 is 1.93 bits per heavy atom. The van der Waals surface area contributed by atoms with E-state index >= 15 is 0 Å². The van der Waals surface area contributed by atoms with E-state index in [2.05, 4.69) is 5.32 Å². The quantitative estimate of drug-likeness (QED) is 0.762. The standard InChI is InChI=1S/C22H24ClN3O4/c1-4-25(5-2)22(29)15-9-10-19-18(11-15)26(21(28)13-30-19)12-20(27)24-17-8-6-7-16(23)14(17)3/h6-11H,4-5,12-13H2,1-3H3,(H,24,27). The van der Waals surface area contributed by atoms with Gasteiger partial charge < -0.3 is 15.0 Å². The summed E-state index contributed by atoms with van der Waals surface area (Å²) in [7, 11) is 0. The Balaban J connectivity index is 1.85. The summed E-state index contributed by atoms with van der Waals surface area (Å²) in [6.07, 6.45) is 0. The topological polar surface area (TPSA) is 79.0 Å². The minimum atomic E-state index is -0.373. The van der Waals surface area contributed by atoms with E-state index in [1.807, 2.05) is 13.8 Å². The van der Waals surface area contributed by atoms with Gasteiger partial charge in [0.25, 0.3) is 11.8 Å². The van der Waals surface area contributed by atoms with Crippen molar-refractivity contribution in [1.29, 1.82) is 0 Å². The van der Waals surface area contributed by atoms with E-state index in [4.69, 9.17) is 16.3 Å². The van der Waals surface area contributed by atoms with Gasteiger partial charge in [-0.25, -0.2) is 0 Å². The molecule has 0 aromatic heterocycles. The fourth-order valence-corrected chi connectivity index (χ4v) is 3.45. The Morgan fingerprint density at radius 1 is 1.20 bits per heavy atom. The molecule has 1 N–H and O–H groups in total. The van der Waals surface area contributed by atoms with Crippen LogP contribution in [0, 0.1) is 6.92 Å². The van der Waals surface area contributed by atoms with Gasteiger partial charge in [-0.2, -0.15) is 0 Å². The van der Waals surface area contributed by atoms with Gasteiger partial charge in [0.1, 0.15) is 12.3 Å². The molecule has 0 fully saturated rings. The zero-order valence-electron chi connectivity index (χ0n) is 17.2. The smallest absolute Gasteiger partial charge is 0.265 e. The second-order valence-electron chi connectivity index (χ2n) is 6.89. The summed E-state index contributed by atoms with van der Waals surface area (Å²) in [4.78, 5) is 40.9. The zero-order valence-corrected chi connectivity index (χ0v) is 18.0. The van der Waals surface area contributed by atoms with Crippen LogP contribution < -0.4 is 15.0 Å². The van der Waals surface area contributed by atoms with Crippen LogP contribution in [0.3, 0.4) is 0 Å². The van der Waals surface area contributed by atoms with Crippen LogP contribution in [-0.4, -0.2) is 48.9 Å². The SMILES string of the molecule is CCN(CC)C(=O)c1ccc2c(c1)N(CC(=O)Nc1cccc(Cl)c1C)C(=O)CO2. The van der Waals surface area contributed by atoms with Crippen LogP contribution >= 0.6 is 11.6 Å². The second kappa shape index (κ2) is 9.17. The number of halogens is 1. The molecule has 0 radical (unpaired) electrons. The van der Waals surface area contributed by atoms with Crippen molar-refractivity contribution in [1.82, 2.24) is 4.90 Å². The molecule has 3 amide bonds. The van der Waals surface area contributed by atoms with E-state index in [1.165, 1.54) is 4.90 Å².